The standard InChI is InChI=1S/C20H28BNO4/c1-13(23)19-4-2-3-15-11-16(21(25)26-20(15)19)12-18(24)10-7-14-5-8-17(22)9-6-14/h2-4,14,16-17,25H,5-12,22H2,1H3/t14?,16-,17?/m1/s1. The number of para-hydroxylation sites is 1. The molecular formula is C20H28BNO4. The summed E-state index contributed by atoms with van der Waals surface area (Å²) in [7, 11) is -1.04. The van der Waals surface area contributed by atoms with E-state index in [0.29, 0.717) is 42.5 Å². The van der Waals surface area contributed by atoms with Crippen LogP contribution in [-0.4, -0.2) is 29.8 Å². The number of ketones is 2. The maximum atomic E-state index is 12.4. The predicted molar refractivity (Wildman–Crippen MR) is 101 cm³/mol. The van der Waals surface area contributed by atoms with Crippen LogP contribution in [0.4, 0.5) is 0 Å². The first-order valence-electron chi connectivity index (χ1n) is 9.69. The average molecular weight is 357 g/mol. The van der Waals surface area contributed by atoms with E-state index >= 15 is 0 Å². The van der Waals surface area contributed by atoms with Crippen molar-refractivity contribution >= 4 is 18.7 Å². The molecule has 0 spiro atoms. The van der Waals surface area contributed by atoms with Gasteiger partial charge in [-0.15, -0.1) is 0 Å². The Kier molecular flexibility index (Phi) is 6.14. The number of hydrogen-bond acceptors (Lipinski definition) is 5. The molecule has 2 aliphatic rings. The van der Waals surface area contributed by atoms with Crippen molar-refractivity contribution in [2.75, 3.05) is 0 Å². The fourth-order valence-corrected chi connectivity index (χ4v) is 4.17. The van der Waals surface area contributed by atoms with Crippen molar-refractivity contribution in [1.29, 1.82) is 0 Å². The summed E-state index contributed by atoms with van der Waals surface area (Å²) in [5.41, 5.74) is 7.31. The van der Waals surface area contributed by atoms with Crippen LogP contribution in [0.5, 0.6) is 5.75 Å². The Morgan fingerprint density at radius 3 is 2.69 bits per heavy atom. The molecule has 1 saturated carbocycles. The SMILES string of the molecule is CC(=O)c1cccc2c1OB(O)[C@@H](CC(=O)CCC1CCC(N)CC1)C2. The number of fused-ring (bicyclic) bond motifs is 1. The lowest BCUT2D eigenvalue weighted by atomic mass is 9.64. The van der Waals surface area contributed by atoms with E-state index in [1.54, 1.807) is 6.07 Å². The van der Waals surface area contributed by atoms with Crippen molar-refractivity contribution in [1.82, 2.24) is 0 Å². The van der Waals surface area contributed by atoms with Crippen LogP contribution in [-0.2, 0) is 11.2 Å². The van der Waals surface area contributed by atoms with Crippen LogP contribution in [0, 0.1) is 5.92 Å². The Bertz CT molecular complexity index is 670. The molecule has 1 fully saturated rings. The minimum atomic E-state index is -1.04. The van der Waals surface area contributed by atoms with Crippen LogP contribution in [0.15, 0.2) is 18.2 Å². The van der Waals surface area contributed by atoms with E-state index < -0.39 is 7.12 Å². The van der Waals surface area contributed by atoms with Crippen LogP contribution in [0.25, 0.3) is 0 Å². The quantitative estimate of drug-likeness (QED) is 0.604. The van der Waals surface area contributed by atoms with Gasteiger partial charge in [-0.3, -0.25) is 9.59 Å². The molecule has 26 heavy (non-hydrogen) atoms. The van der Waals surface area contributed by atoms with Gasteiger partial charge in [-0.25, -0.2) is 0 Å². The molecule has 0 saturated heterocycles. The summed E-state index contributed by atoms with van der Waals surface area (Å²) >= 11 is 0. The second-order valence-corrected chi connectivity index (χ2v) is 7.88. The molecule has 0 unspecified atom stereocenters. The maximum Gasteiger partial charge on any atom is 0.526 e. The molecular weight excluding hydrogens is 329 g/mol. The summed E-state index contributed by atoms with van der Waals surface area (Å²) in [6, 6.07) is 5.76. The van der Waals surface area contributed by atoms with Crippen molar-refractivity contribution in [2.45, 2.75) is 70.1 Å². The van der Waals surface area contributed by atoms with Gasteiger partial charge in [-0.1, -0.05) is 12.1 Å². The third-order valence-corrected chi connectivity index (χ3v) is 5.81. The molecule has 1 atom stereocenters. The highest BCUT2D eigenvalue weighted by molar-refractivity contribution is 6.47. The highest BCUT2D eigenvalue weighted by Gasteiger charge is 2.37. The van der Waals surface area contributed by atoms with Gasteiger partial charge in [-0.2, -0.15) is 0 Å². The van der Waals surface area contributed by atoms with Crippen molar-refractivity contribution in [3.8, 4) is 5.75 Å². The van der Waals surface area contributed by atoms with Crippen LogP contribution in [0.3, 0.4) is 0 Å². The summed E-state index contributed by atoms with van der Waals surface area (Å²) in [6.07, 6.45) is 6.70. The normalized spacial score (nSPS) is 25.3. The van der Waals surface area contributed by atoms with Gasteiger partial charge < -0.3 is 15.4 Å². The molecule has 1 heterocycles. The second kappa shape index (κ2) is 8.36. The van der Waals surface area contributed by atoms with E-state index in [9.17, 15) is 14.6 Å². The van der Waals surface area contributed by atoms with Crippen molar-refractivity contribution in [3.63, 3.8) is 0 Å². The van der Waals surface area contributed by atoms with E-state index in [4.69, 9.17) is 10.4 Å². The number of carbonyl (C=O) groups is 2. The van der Waals surface area contributed by atoms with Crippen LogP contribution < -0.4 is 10.4 Å². The Labute approximate surface area is 155 Å². The first-order valence-corrected chi connectivity index (χ1v) is 9.69. The van der Waals surface area contributed by atoms with Crippen molar-refractivity contribution in [2.24, 2.45) is 11.7 Å². The van der Waals surface area contributed by atoms with E-state index in [1.165, 1.54) is 6.92 Å². The Balaban J connectivity index is 1.54. The summed E-state index contributed by atoms with van der Waals surface area (Å²) in [5, 5.41) is 10.3. The monoisotopic (exact) mass is 357 g/mol. The second-order valence-electron chi connectivity index (χ2n) is 7.88. The lowest BCUT2D eigenvalue weighted by Gasteiger charge is -2.29. The summed E-state index contributed by atoms with van der Waals surface area (Å²) in [6.45, 7) is 1.49. The highest BCUT2D eigenvalue weighted by Crippen LogP contribution is 2.37. The number of nitrogens with two attached hydrogens (primary N) is 1. The molecule has 1 aromatic carbocycles. The lowest BCUT2D eigenvalue weighted by Crippen LogP contribution is -2.35. The minimum absolute atomic E-state index is 0.0872. The van der Waals surface area contributed by atoms with E-state index in [0.717, 1.165) is 37.7 Å². The van der Waals surface area contributed by atoms with E-state index in [1.807, 2.05) is 12.1 Å². The molecule has 1 aliphatic carbocycles. The molecule has 6 heteroatoms. The van der Waals surface area contributed by atoms with Gasteiger partial charge in [0.2, 0.25) is 0 Å². The average Bonchev–Trinajstić information content (AvgIpc) is 2.61. The molecule has 3 N–H and O–H groups in total. The third kappa shape index (κ3) is 4.54. The van der Waals surface area contributed by atoms with E-state index in [2.05, 4.69) is 0 Å². The summed E-state index contributed by atoms with van der Waals surface area (Å²) in [5.74, 6) is 0.909. The molecule has 3 rings (SSSR count). The summed E-state index contributed by atoms with van der Waals surface area (Å²) < 4.78 is 5.61. The largest absolute Gasteiger partial charge is 0.535 e. The molecule has 0 bridgehead atoms. The molecule has 0 amide bonds. The first-order chi connectivity index (χ1) is 12.4. The molecule has 1 aliphatic heterocycles. The van der Waals surface area contributed by atoms with Crippen LogP contribution in [0.2, 0.25) is 5.82 Å². The topological polar surface area (TPSA) is 89.6 Å². The van der Waals surface area contributed by atoms with E-state index in [-0.39, 0.29) is 17.4 Å². The number of Topliss-reactive ketones (excluding diaryl/α,β-unsaturated/α-hetero) is 2. The van der Waals surface area contributed by atoms with Crippen molar-refractivity contribution in [3.05, 3.63) is 29.3 Å². The Hall–Kier alpha value is -1.66. The van der Waals surface area contributed by atoms with Crippen LogP contribution in [0.1, 0.15) is 67.8 Å². The zero-order valence-electron chi connectivity index (χ0n) is 15.4. The number of carbonyl (C=O) groups excluding carboxylic acids is 2. The third-order valence-electron chi connectivity index (χ3n) is 5.81. The number of rotatable bonds is 6. The molecule has 140 valence electrons. The fraction of sp³-hybridized carbons (Fsp3) is 0.600. The van der Waals surface area contributed by atoms with Crippen molar-refractivity contribution < 1.29 is 19.3 Å². The molecule has 1 aromatic rings. The highest BCUT2D eigenvalue weighted by atomic mass is 16.5. The minimum Gasteiger partial charge on any atom is -0.535 e. The van der Waals surface area contributed by atoms with Gasteiger partial charge in [0.1, 0.15) is 11.5 Å². The summed E-state index contributed by atoms with van der Waals surface area (Å²) in [4.78, 5) is 24.1. The lowest BCUT2D eigenvalue weighted by molar-refractivity contribution is -0.119. The first kappa shape index (κ1) is 19.1. The smallest absolute Gasteiger partial charge is 0.526 e. The fourth-order valence-electron chi connectivity index (χ4n) is 4.17. The van der Waals surface area contributed by atoms with Gasteiger partial charge in [0.15, 0.2) is 5.78 Å². The Morgan fingerprint density at radius 1 is 1.27 bits per heavy atom. The maximum absolute atomic E-state index is 12.4. The molecule has 0 aromatic heterocycles. The molecule has 5 nitrogen and oxygen atoms in total. The van der Waals surface area contributed by atoms with Gasteiger partial charge in [0.25, 0.3) is 0 Å². The van der Waals surface area contributed by atoms with Crippen LogP contribution >= 0.6 is 0 Å². The van der Waals surface area contributed by atoms with Gasteiger partial charge >= 0.3 is 7.12 Å². The zero-order chi connectivity index (χ0) is 18.7. The molecule has 0 radical (unpaired) electrons. The zero-order valence-corrected chi connectivity index (χ0v) is 15.4. The van der Waals surface area contributed by atoms with Gasteiger partial charge in [-0.05, 0) is 63.0 Å². The number of benzene rings is 1. The van der Waals surface area contributed by atoms with Gasteiger partial charge in [0.05, 0.1) is 5.56 Å². The number of hydrogen-bond donors (Lipinski definition) is 2. The Morgan fingerprint density at radius 2 is 2.00 bits per heavy atom. The predicted octanol–water partition coefficient (Wildman–Crippen LogP) is 2.93. The van der Waals surface area contributed by atoms with Gasteiger partial charge in [0, 0.05) is 24.7 Å².